The smallest absolute Gasteiger partial charge is 0.142 e. The molecule has 3 aliphatic rings. The summed E-state index contributed by atoms with van der Waals surface area (Å²) in [5, 5.41) is 0. The third-order valence-electron chi connectivity index (χ3n) is 5.71. The second-order valence-corrected chi connectivity index (χ2v) is 7.00. The molecule has 3 nitrogen and oxygen atoms in total. The van der Waals surface area contributed by atoms with Crippen LogP contribution < -0.4 is 9.64 Å². The Balaban J connectivity index is 1.34. The molecule has 2 bridgehead atoms. The van der Waals surface area contributed by atoms with E-state index in [9.17, 15) is 0 Å². The van der Waals surface area contributed by atoms with E-state index in [-0.39, 0.29) is 0 Å². The van der Waals surface area contributed by atoms with E-state index in [4.69, 9.17) is 4.74 Å². The van der Waals surface area contributed by atoms with Crippen LogP contribution in [0, 0.1) is 17.8 Å². The Kier molecular flexibility index (Phi) is 3.83. The van der Waals surface area contributed by atoms with E-state index in [2.05, 4.69) is 40.2 Å². The Morgan fingerprint density at radius 1 is 1.05 bits per heavy atom. The zero-order valence-corrected chi connectivity index (χ0v) is 13.4. The highest BCUT2D eigenvalue weighted by Crippen LogP contribution is 2.43. The molecule has 1 aromatic rings. The van der Waals surface area contributed by atoms with Crippen molar-refractivity contribution in [2.24, 2.45) is 17.8 Å². The maximum atomic E-state index is 5.50. The van der Waals surface area contributed by atoms with Gasteiger partial charge in [0.1, 0.15) is 5.75 Å². The molecule has 0 amide bonds. The van der Waals surface area contributed by atoms with Crippen molar-refractivity contribution in [1.29, 1.82) is 0 Å². The normalized spacial score (nSPS) is 31.0. The molecule has 0 spiro atoms. The van der Waals surface area contributed by atoms with Crippen LogP contribution in [0.25, 0.3) is 0 Å². The van der Waals surface area contributed by atoms with E-state index < -0.39 is 0 Å². The lowest BCUT2D eigenvalue weighted by atomic mass is 9.93. The van der Waals surface area contributed by atoms with E-state index in [1.807, 2.05) is 6.07 Å². The van der Waals surface area contributed by atoms with Crippen LogP contribution in [0.15, 0.2) is 36.4 Å². The molecule has 0 aromatic heterocycles. The molecule has 22 heavy (non-hydrogen) atoms. The van der Waals surface area contributed by atoms with Crippen LogP contribution in [0.2, 0.25) is 0 Å². The summed E-state index contributed by atoms with van der Waals surface area (Å²) >= 11 is 0. The first kappa shape index (κ1) is 14.1. The zero-order chi connectivity index (χ0) is 14.9. The molecule has 0 radical (unpaired) electrons. The highest BCUT2D eigenvalue weighted by molar-refractivity contribution is 5.58. The molecule has 1 saturated heterocycles. The molecule has 1 heterocycles. The van der Waals surface area contributed by atoms with Crippen molar-refractivity contribution in [2.45, 2.75) is 12.8 Å². The van der Waals surface area contributed by atoms with Crippen LogP contribution in [-0.4, -0.2) is 44.7 Å². The summed E-state index contributed by atoms with van der Waals surface area (Å²) in [4.78, 5) is 5.14. The molecule has 4 rings (SSSR count). The fraction of sp³-hybridized carbons (Fsp3) is 0.579. The summed E-state index contributed by atoms with van der Waals surface area (Å²) in [7, 11) is 1.76. The molecule has 118 valence electrons. The topological polar surface area (TPSA) is 15.7 Å². The van der Waals surface area contributed by atoms with Gasteiger partial charge in [-0.2, -0.15) is 0 Å². The minimum Gasteiger partial charge on any atom is -0.495 e. The fourth-order valence-corrected chi connectivity index (χ4v) is 4.50. The standard InChI is InChI=1S/C19H26N2O/c1-22-19-5-3-2-4-18(19)21-10-8-20(9-11-21)14-17-13-15-6-7-16(17)12-15/h2-7,15-17H,8-14H2,1H3. The van der Waals surface area contributed by atoms with Crippen molar-refractivity contribution < 1.29 is 4.74 Å². The van der Waals surface area contributed by atoms with Crippen molar-refractivity contribution >= 4 is 5.69 Å². The minimum atomic E-state index is 0.872. The Labute approximate surface area is 133 Å². The lowest BCUT2D eigenvalue weighted by molar-refractivity contribution is 0.204. The van der Waals surface area contributed by atoms with E-state index in [0.29, 0.717) is 0 Å². The number of anilines is 1. The van der Waals surface area contributed by atoms with Gasteiger partial charge < -0.3 is 9.64 Å². The van der Waals surface area contributed by atoms with Gasteiger partial charge in [-0.1, -0.05) is 24.3 Å². The Bertz CT molecular complexity index is 548. The summed E-state index contributed by atoms with van der Waals surface area (Å²) in [6.07, 6.45) is 7.77. The number of para-hydroxylation sites is 2. The molecule has 0 N–H and O–H groups in total. The van der Waals surface area contributed by atoms with Gasteiger partial charge in [-0.25, -0.2) is 0 Å². The number of ether oxygens (including phenoxy) is 1. The van der Waals surface area contributed by atoms with Crippen molar-refractivity contribution in [3.05, 3.63) is 36.4 Å². The number of benzene rings is 1. The number of rotatable bonds is 4. The summed E-state index contributed by atoms with van der Waals surface area (Å²) in [5.41, 5.74) is 1.24. The monoisotopic (exact) mass is 298 g/mol. The number of methoxy groups -OCH3 is 1. The van der Waals surface area contributed by atoms with Crippen LogP contribution in [0.1, 0.15) is 12.8 Å². The summed E-state index contributed by atoms with van der Waals surface area (Å²) in [6, 6.07) is 8.38. The Morgan fingerprint density at radius 3 is 2.55 bits per heavy atom. The highest BCUT2D eigenvalue weighted by atomic mass is 16.5. The second kappa shape index (κ2) is 5.96. The predicted octanol–water partition coefficient (Wildman–Crippen LogP) is 3.03. The first-order valence-electron chi connectivity index (χ1n) is 8.62. The fourth-order valence-electron chi connectivity index (χ4n) is 4.50. The molecular weight excluding hydrogens is 272 g/mol. The first-order valence-corrected chi connectivity index (χ1v) is 8.62. The van der Waals surface area contributed by atoms with E-state index in [1.54, 1.807) is 7.11 Å². The van der Waals surface area contributed by atoms with E-state index >= 15 is 0 Å². The van der Waals surface area contributed by atoms with Gasteiger partial charge in [-0.3, -0.25) is 4.90 Å². The largest absolute Gasteiger partial charge is 0.495 e. The van der Waals surface area contributed by atoms with Crippen LogP contribution >= 0.6 is 0 Å². The maximum Gasteiger partial charge on any atom is 0.142 e. The molecule has 2 fully saturated rings. The van der Waals surface area contributed by atoms with Gasteiger partial charge in [-0.15, -0.1) is 0 Å². The molecule has 3 atom stereocenters. The minimum absolute atomic E-state index is 0.872. The Hall–Kier alpha value is -1.48. The van der Waals surface area contributed by atoms with E-state index in [1.165, 1.54) is 38.2 Å². The average Bonchev–Trinajstić information content (AvgIpc) is 3.18. The van der Waals surface area contributed by atoms with Crippen molar-refractivity contribution in [1.82, 2.24) is 4.90 Å². The summed E-state index contributed by atoms with van der Waals surface area (Å²) in [5.74, 6) is 3.67. The lowest BCUT2D eigenvalue weighted by Gasteiger charge is -2.38. The molecule has 2 aliphatic carbocycles. The third kappa shape index (κ3) is 2.63. The highest BCUT2D eigenvalue weighted by Gasteiger charge is 2.36. The molecule has 1 aromatic carbocycles. The number of allylic oxidation sites excluding steroid dienone is 2. The summed E-state index contributed by atoms with van der Waals surface area (Å²) in [6.45, 7) is 5.87. The summed E-state index contributed by atoms with van der Waals surface area (Å²) < 4.78 is 5.50. The van der Waals surface area contributed by atoms with Crippen LogP contribution in [0.4, 0.5) is 5.69 Å². The van der Waals surface area contributed by atoms with Gasteiger partial charge in [0.25, 0.3) is 0 Å². The Morgan fingerprint density at radius 2 is 1.86 bits per heavy atom. The molecule has 1 aliphatic heterocycles. The van der Waals surface area contributed by atoms with Crippen molar-refractivity contribution in [2.75, 3.05) is 44.7 Å². The average molecular weight is 298 g/mol. The second-order valence-electron chi connectivity index (χ2n) is 7.00. The van der Waals surface area contributed by atoms with Crippen LogP contribution in [-0.2, 0) is 0 Å². The van der Waals surface area contributed by atoms with Gasteiger partial charge in [-0.05, 0) is 42.7 Å². The number of nitrogens with zero attached hydrogens (tertiary/aromatic N) is 2. The SMILES string of the molecule is COc1ccccc1N1CCN(CC2CC3C=CC2C3)CC1. The van der Waals surface area contributed by atoms with Gasteiger partial charge in [0, 0.05) is 32.7 Å². The van der Waals surface area contributed by atoms with Crippen LogP contribution in [0.3, 0.4) is 0 Å². The zero-order valence-electron chi connectivity index (χ0n) is 13.4. The van der Waals surface area contributed by atoms with Gasteiger partial charge in [0.2, 0.25) is 0 Å². The van der Waals surface area contributed by atoms with Crippen LogP contribution in [0.5, 0.6) is 5.75 Å². The van der Waals surface area contributed by atoms with Gasteiger partial charge in [0.15, 0.2) is 0 Å². The number of hydrogen-bond acceptors (Lipinski definition) is 3. The number of piperazine rings is 1. The first-order chi connectivity index (χ1) is 10.8. The predicted molar refractivity (Wildman–Crippen MR) is 90.5 cm³/mol. The van der Waals surface area contributed by atoms with Crippen molar-refractivity contribution in [3.8, 4) is 5.75 Å². The molecule has 3 unspecified atom stereocenters. The maximum absolute atomic E-state index is 5.50. The van der Waals surface area contributed by atoms with Crippen molar-refractivity contribution in [3.63, 3.8) is 0 Å². The third-order valence-corrected chi connectivity index (χ3v) is 5.71. The number of fused-ring (bicyclic) bond motifs is 2. The molecule has 3 heteroatoms. The quantitative estimate of drug-likeness (QED) is 0.795. The van der Waals surface area contributed by atoms with E-state index in [0.717, 1.165) is 36.6 Å². The molecular formula is C19H26N2O. The number of hydrogen-bond donors (Lipinski definition) is 0. The lowest BCUT2D eigenvalue weighted by Crippen LogP contribution is -2.48. The van der Waals surface area contributed by atoms with Gasteiger partial charge in [0.05, 0.1) is 12.8 Å². The molecule has 1 saturated carbocycles. The van der Waals surface area contributed by atoms with Gasteiger partial charge >= 0.3 is 0 Å².